The minimum Gasteiger partial charge on any atom is -0.0840 e. The van der Waals surface area contributed by atoms with E-state index in [1.807, 2.05) is 13.0 Å². The molecule has 0 nitrogen and oxygen atoms in total. The molecule has 11 heavy (non-hydrogen) atoms. The Hall–Kier alpha value is 0.950. The molecule has 0 N–H and O–H groups in total. The number of hydrogen-bond acceptors (Lipinski definition) is 0. The molecule has 0 amide bonds. The second-order valence-corrected chi connectivity index (χ2v) is 4.94. The maximum absolute atomic E-state index is 5.91. The highest BCUT2D eigenvalue weighted by atomic mass is 79.9. The predicted molar refractivity (Wildman–Crippen MR) is 59.3 cm³/mol. The van der Waals surface area contributed by atoms with Gasteiger partial charge in [0, 0.05) is 18.4 Å². The van der Waals surface area contributed by atoms with Crippen LogP contribution >= 0.6 is 59.4 Å². The third-order valence-electron chi connectivity index (χ3n) is 1.34. The summed E-state index contributed by atoms with van der Waals surface area (Å²) in [6, 6.07) is 1.87. The van der Waals surface area contributed by atoms with Gasteiger partial charge in [-0.05, 0) is 66.3 Å². The van der Waals surface area contributed by atoms with E-state index in [1.165, 1.54) is 0 Å². The van der Waals surface area contributed by atoms with Crippen molar-refractivity contribution in [2.45, 2.75) is 6.92 Å². The van der Waals surface area contributed by atoms with Gasteiger partial charge in [-0.3, -0.25) is 0 Å². The highest BCUT2D eigenvalue weighted by molar-refractivity contribution is 9.14. The molecular formula is C7H4Br3Cl. The average molecular weight is 363 g/mol. The molecule has 1 rings (SSSR count). The fraction of sp³-hybridized carbons (Fsp3) is 0.143. The fourth-order valence-electron chi connectivity index (χ4n) is 0.657. The summed E-state index contributed by atoms with van der Waals surface area (Å²) in [6.45, 7) is 1.96. The van der Waals surface area contributed by atoms with Gasteiger partial charge in [-0.1, -0.05) is 11.6 Å². The van der Waals surface area contributed by atoms with Crippen molar-refractivity contribution >= 4 is 59.4 Å². The Morgan fingerprint density at radius 2 is 1.73 bits per heavy atom. The zero-order valence-corrected chi connectivity index (χ0v) is 11.1. The van der Waals surface area contributed by atoms with Gasteiger partial charge in [0.15, 0.2) is 0 Å². The Kier molecular flexibility index (Phi) is 3.44. The van der Waals surface area contributed by atoms with E-state index in [0.717, 1.165) is 24.0 Å². The van der Waals surface area contributed by atoms with Crippen LogP contribution in [0.5, 0.6) is 0 Å². The Balaban J connectivity index is 3.46. The lowest BCUT2D eigenvalue weighted by atomic mass is 10.2. The van der Waals surface area contributed by atoms with Gasteiger partial charge in [-0.25, -0.2) is 0 Å². The lowest BCUT2D eigenvalue weighted by Gasteiger charge is -2.05. The van der Waals surface area contributed by atoms with Crippen LogP contribution in [0.1, 0.15) is 5.56 Å². The molecule has 0 spiro atoms. The number of rotatable bonds is 0. The molecule has 60 valence electrons. The zero-order valence-electron chi connectivity index (χ0n) is 5.59. The smallest absolute Gasteiger partial charge is 0.0463 e. The van der Waals surface area contributed by atoms with Crippen LogP contribution in [0.2, 0.25) is 5.02 Å². The van der Waals surface area contributed by atoms with E-state index in [-0.39, 0.29) is 0 Å². The van der Waals surface area contributed by atoms with Gasteiger partial charge < -0.3 is 0 Å². The molecule has 0 atom stereocenters. The average Bonchev–Trinajstić information content (AvgIpc) is 1.97. The molecule has 4 heteroatoms. The Morgan fingerprint density at radius 3 is 2.27 bits per heavy atom. The van der Waals surface area contributed by atoms with Gasteiger partial charge in [-0.2, -0.15) is 0 Å². The van der Waals surface area contributed by atoms with Crippen LogP contribution in [0, 0.1) is 6.92 Å². The molecule has 0 radical (unpaired) electrons. The van der Waals surface area contributed by atoms with Crippen molar-refractivity contribution in [3.05, 3.63) is 30.1 Å². The third-order valence-corrected chi connectivity index (χ3v) is 5.24. The largest absolute Gasteiger partial charge is 0.0840 e. The molecular weight excluding hydrogens is 359 g/mol. The lowest BCUT2D eigenvalue weighted by molar-refractivity contribution is 1.39. The van der Waals surface area contributed by atoms with Gasteiger partial charge >= 0.3 is 0 Å². The first-order valence-corrected chi connectivity index (χ1v) is 5.59. The molecule has 1 aromatic rings. The van der Waals surface area contributed by atoms with Crippen molar-refractivity contribution in [1.82, 2.24) is 0 Å². The Bertz CT molecular complexity index is 270. The Morgan fingerprint density at radius 1 is 1.18 bits per heavy atom. The highest BCUT2D eigenvalue weighted by Crippen LogP contribution is 2.37. The fourth-order valence-corrected chi connectivity index (χ4v) is 2.64. The molecule has 1 aromatic carbocycles. The van der Waals surface area contributed by atoms with Crippen LogP contribution < -0.4 is 0 Å². The SMILES string of the molecule is Cc1c(Cl)cc(Br)c(Br)c1Br. The van der Waals surface area contributed by atoms with E-state index < -0.39 is 0 Å². The second-order valence-electron chi connectivity index (χ2n) is 2.09. The summed E-state index contributed by atoms with van der Waals surface area (Å²) in [5, 5.41) is 0.756. The van der Waals surface area contributed by atoms with Gasteiger partial charge in [0.1, 0.15) is 0 Å². The second kappa shape index (κ2) is 3.77. The van der Waals surface area contributed by atoms with Crippen LogP contribution in [0.25, 0.3) is 0 Å². The molecule has 0 unspecified atom stereocenters. The van der Waals surface area contributed by atoms with Gasteiger partial charge in [0.2, 0.25) is 0 Å². The predicted octanol–water partition coefficient (Wildman–Crippen LogP) is 4.94. The summed E-state index contributed by atoms with van der Waals surface area (Å²) in [6.07, 6.45) is 0. The van der Waals surface area contributed by atoms with Gasteiger partial charge in [0.05, 0.1) is 0 Å². The van der Waals surface area contributed by atoms with Crippen molar-refractivity contribution in [2.75, 3.05) is 0 Å². The lowest BCUT2D eigenvalue weighted by Crippen LogP contribution is -1.81. The van der Waals surface area contributed by atoms with Gasteiger partial charge in [0.25, 0.3) is 0 Å². The molecule has 0 heterocycles. The van der Waals surface area contributed by atoms with Crippen molar-refractivity contribution < 1.29 is 0 Å². The van der Waals surface area contributed by atoms with Crippen LogP contribution in [0.3, 0.4) is 0 Å². The summed E-state index contributed by atoms with van der Waals surface area (Å²) in [4.78, 5) is 0. The van der Waals surface area contributed by atoms with Crippen LogP contribution in [-0.2, 0) is 0 Å². The maximum Gasteiger partial charge on any atom is 0.0463 e. The van der Waals surface area contributed by atoms with Crippen molar-refractivity contribution in [2.24, 2.45) is 0 Å². The van der Waals surface area contributed by atoms with E-state index in [2.05, 4.69) is 47.8 Å². The molecule has 0 bridgehead atoms. The van der Waals surface area contributed by atoms with Crippen molar-refractivity contribution in [3.63, 3.8) is 0 Å². The summed E-state index contributed by atoms with van der Waals surface area (Å²) in [5.41, 5.74) is 1.04. The quantitative estimate of drug-likeness (QED) is 0.453. The van der Waals surface area contributed by atoms with Crippen molar-refractivity contribution in [3.8, 4) is 0 Å². The topological polar surface area (TPSA) is 0 Å². The number of halogens is 4. The molecule has 0 saturated heterocycles. The summed E-state index contributed by atoms with van der Waals surface area (Å²) >= 11 is 16.1. The molecule has 0 aromatic heterocycles. The number of benzene rings is 1. The van der Waals surface area contributed by atoms with E-state index >= 15 is 0 Å². The van der Waals surface area contributed by atoms with Crippen LogP contribution in [0.15, 0.2) is 19.5 Å². The molecule has 0 aliphatic rings. The van der Waals surface area contributed by atoms with Crippen LogP contribution in [0.4, 0.5) is 0 Å². The monoisotopic (exact) mass is 360 g/mol. The molecule has 0 aliphatic carbocycles. The minimum absolute atomic E-state index is 0.756. The first kappa shape index (κ1) is 10.0. The first-order chi connectivity index (χ1) is 5.04. The summed E-state index contributed by atoms with van der Waals surface area (Å²) in [5.74, 6) is 0. The minimum atomic E-state index is 0.756. The zero-order chi connectivity index (χ0) is 8.59. The highest BCUT2D eigenvalue weighted by Gasteiger charge is 2.07. The van der Waals surface area contributed by atoms with E-state index in [0.29, 0.717) is 0 Å². The van der Waals surface area contributed by atoms with Crippen LogP contribution in [-0.4, -0.2) is 0 Å². The molecule has 0 fully saturated rings. The van der Waals surface area contributed by atoms with Gasteiger partial charge in [-0.15, -0.1) is 0 Å². The summed E-state index contributed by atoms with van der Waals surface area (Å²) in [7, 11) is 0. The number of hydrogen-bond donors (Lipinski definition) is 0. The van der Waals surface area contributed by atoms with Crippen molar-refractivity contribution in [1.29, 1.82) is 0 Å². The Labute approximate surface area is 95.7 Å². The van der Waals surface area contributed by atoms with E-state index in [9.17, 15) is 0 Å². The molecule has 0 saturated carbocycles. The van der Waals surface area contributed by atoms with E-state index in [1.54, 1.807) is 0 Å². The van der Waals surface area contributed by atoms with E-state index in [4.69, 9.17) is 11.6 Å². The normalized spacial score (nSPS) is 10.3. The maximum atomic E-state index is 5.91. The standard InChI is InChI=1S/C7H4Br3Cl/c1-3-5(11)2-4(8)7(10)6(3)9/h2H,1H3. The summed E-state index contributed by atoms with van der Waals surface area (Å²) < 4.78 is 2.95. The third kappa shape index (κ3) is 2.00. The molecule has 0 aliphatic heterocycles. The first-order valence-electron chi connectivity index (χ1n) is 2.83.